The Balaban J connectivity index is 0.00000210. The van der Waals surface area contributed by atoms with Crippen LogP contribution in [0.2, 0.25) is 0 Å². The van der Waals surface area contributed by atoms with Crippen LogP contribution in [-0.4, -0.2) is 24.9 Å². The summed E-state index contributed by atoms with van der Waals surface area (Å²) in [7, 11) is 0. The molecule has 0 spiro atoms. The van der Waals surface area contributed by atoms with Crippen LogP contribution >= 0.6 is 17.0 Å². The van der Waals surface area contributed by atoms with Gasteiger partial charge in [-0.15, -0.1) is 17.0 Å². The lowest BCUT2D eigenvalue weighted by atomic mass is 10.1. The number of aromatic amines is 3. The van der Waals surface area contributed by atoms with Crippen LogP contribution in [-0.2, 0) is 6.54 Å². The van der Waals surface area contributed by atoms with E-state index in [0.717, 1.165) is 11.0 Å². The van der Waals surface area contributed by atoms with E-state index < -0.39 is 16.0 Å². The zero-order valence-corrected chi connectivity index (χ0v) is 15.3. The summed E-state index contributed by atoms with van der Waals surface area (Å²) in [5.41, 5.74) is 0.692. The van der Waals surface area contributed by atoms with Crippen molar-refractivity contribution in [3.8, 4) is 0 Å². The smallest absolute Gasteiger partial charge is 0.314 e. The maximum Gasteiger partial charge on any atom is 0.314 e. The highest BCUT2D eigenvalue weighted by Crippen LogP contribution is 2.22. The molecule has 0 saturated carbocycles. The van der Waals surface area contributed by atoms with E-state index in [1.807, 2.05) is 24.3 Å². The fourth-order valence-electron chi connectivity index (χ4n) is 2.74. The van der Waals surface area contributed by atoms with E-state index in [9.17, 15) is 19.7 Å². The molecule has 0 bridgehead atoms. The summed E-state index contributed by atoms with van der Waals surface area (Å²) in [4.78, 5) is 46.0. The molecular formula is C16H13BrN6O4. The molecule has 10 nitrogen and oxygen atoms in total. The van der Waals surface area contributed by atoms with Crippen LogP contribution in [0.1, 0.15) is 5.56 Å². The summed E-state index contributed by atoms with van der Waals surface area (Å²) in [6.45, 7) is 0.153. The Hall–Kier alpha value is -3.47. The van der Waals surface area contributed by atoms with Gasteiger partial charge in [-0.25, -0.2) is 4.98 Å². The predicted octanol–water partition coefficient (Wildman–Crippen LogP) is 2.19. The topological polar surface area (TPSA) is 150 Å². The van der Waals surface area contributed by atoms with Crippen molar-refractivity contribution in [1.82, 2.24) is 19.9 Å². The summed E-state index contributed by atoms with van der Waals surface area (Å²) in [5.74, 6) is 0.484. The molecule has 2 aromatic carbocycles. The molecule has 0 aliphatic rings. The number of H-pyrrole nitrogens is 3. The number of nitrogens with zero attached hydrogens (tertiary/aromatic N) is 2. The van der Waals surface area contributed by atoms with Crippen LogP contribution in [0.5, 0.6) is 0 Å². The first-order chi connectivity index (χ1) is 12.5. The number of non-ortho nitro benzene ring substituents is 1. The minimum absolute atomic E-state index is 0. The minimum Gasteiger partial charge on any atom is -0.352 e. The minimum atomic E-state index is -0.866. The summed E-state index contributed by atoms with van der Waals surface area (Å²) in [6.07, 6.45) is 0. The molecule has 138 valence electrons. The maximum atomic E-state index is 11.6. The van der Waals surface area contributed by atoms with Gasteiger partial charge in [-0.05, 0) is 12.1 Å². The third-order valence-electron chi connectivity index (χ3n) is 3.94. The number of hydrogen-bond acceptors (Lipinski definition) is 6. The first kappa shape index (κ1) is 18.3. The number of aromatic nitrogens is 4. The molecule has 0 aliphatic heterocycles. The van der Waals surface area contributed by atoms with E-state index in [-0.39, 0.29) is 34.7 Å². The molecule has 0 unspecified atom stereocenters. The van der Waals surface area contributed by atoms with Crippen LogP contribution in [0, 0.1) is 10.1 Å². The van der Waals surface area contributed by atoms with Crippen molar-refractivity contribution in [3.05, 3.63) is 72.8 Å². The standard InChI is InChI=1S/C16H12N6O4.BrH/c23-14-15(24)21-13-8(5-9(22(25)26)6-12(13)18-14)7-17-16-19-10-3-1-2-4-11(10)20-16;/h1-6H,7H2,(H,18,23)(H,21,24)(H2,17,19,20);1H. The Bertz CT molecular complexity index is 1240. The van der Waals surface area contributed by atoms with Crippen molar-refractivity contribution in [3.63, 3.8) is 0 Å². The summed E-state index contributed by atoms with van der Waals surface area (Å²) in [5, 5.41) is 14.2. The predicted molar refractivity (Wildman–Crippen MR) is 106 cm³/mol. The fourth-order valence-corrected chi connectivity index (χ4v) is 2.74. The molecule has 11 heteroatoms. The Labute approximate surface area is 160 Å². The Morgan fingerprint density at radius 2 is 1.78 bits per heavy atom. The van der Waals surface area contributed by atoms with Crippen molar-refractivity contribution in [2.24, 2.45) is 0 Å². The van der Waals surface area contributed by atoms with Gasteiger partial charge in [-0.2, -0.15) is 0 Å². The third-order valence-corrected chi connectivity index (χ3v) is 3.94. The summed E-state index contributed by atoms with van der Waals surface area (Å²) >= 11 is 0. The average Bonchev–Trinajstić information content (AvgIpc) is 3.03. The number of rotatable bonds is 4. The SMILES string of the molecule is Br.O=c1[nH]c2cc([N+](=O)[O-])cc(CNc3nc4ccccc4[nH]3)c2[nH]c1=O. The second-order valence-corrected chi connectivity index (χ2v) is 5.65. The highest BCUT2D eigenvalue weighted by Gasteiger charge is 2.14. The van der Waals surface area contributed by atoms with Crippen molar-refractivity contribution >= 4 is 50.7 Å². The van der Waals surface area contributed by atoms with Gasteiger partial charge < -0.3 is 20.3 Å². The van der Waals surface area contributed by atoms with E-state index in [2.05, 4.69) is 25.3 Å². The summed E-state index contributed by atoms with van der Waals surface area (Å²) in [6, 6.07) is 10.0. The Morgan fingerprint density at radius 1 is 1.04 bits per heavy atom. The van der Waals surface area contributed by atoms with Gasteiger partial charge in [0.15, 0.2) is 0 Å². The normalized spacial score (nSPS) is 10.7. The number of benzene rings is 2. The molecule has 2 heterocycles. The number of halogens is 1. The van der Waals surface area contributed by atoms with E-state index in [4.69, 9.17) is 0 Å². The second-order valence-electron chi connectivity index (χ2n) is 5.65. The first-order valence-corrected chi connectivity index (χ1v) is 7.63. The van der Waals surface area contributed by atoms with Gasteiger partial charge in [0.2, 0.25) is 5.95 Å². The number of imidazole rings is 1. The quantitative estimate of drug-likeness (QED) is 0.220. The second kappa shape index (κ2) is 7.03. The summed E-state index contributed by atoms with van der Waals surface area (Å²) < 4.78 is 0. The van der Waals surface area contributed by atoms with E-state index >= 15 is 0 Å². The average molecular weight is 433 g/mol. The lowest BCUT2D eigenvalue weighted by molar-refractivity contribution is -0.384. The van der Waals surface area contributed by atoms with Gasteiger partial charge in [0.1, 0.15) is 0 Å². The zero-order chi connectivity index (χ0) is 18.3. The first-order valence-electron chi connectivity index (χ1n) is 7.63. The number of fused-ring (bicyclic) bond motifs is 2. The van der Waals surface area contributed by atoms with E-state index in [1.54, 1.807) is 0 Å². The van der Waals surface area contributed by atoms with E-state index in [1.165, 1.54) is 12.1 Å². The van der Waals surface area contributed by atoms with Crippen molar-refractivity contribution in [2.75, 3.05) is 5.32 Å². The maximum absolute atomic E-state index is 11.6. The van der Waals surface area contributed by atoms with Gasteiger partial charge in [0.25, 0.3) is 5.69 Å². The Kier molecular flexibility index (Phi) is 4.77. The number of nitro groups is 1. The molecule has 0 atom stereocenters. The monoisotopic (exact) mass is 432 g/mol. The molecule has 4 N–H and O–H groups in total. The lowest BCUT2D eigenvalue weighted by Crippen LogP contribution is -2.29. The van der Waals surface area contributed by atoms with Gasteiger partial charge in [-0.3, -0.25) is 19.7 Å². The van der Waals surface area contributed by atoms with Gasteiger partial charge in [0.05, 0.1) is 27.0 Å². The molecule has 0 aliphatic carbocycles. The van der Waals surface area contributed by atoms with Crippen LogP contribution in [0.4, 0.5) is 11.6 Å². The number of nitro benzene ring substituents is 1. The van der Waals surface area contributed by atoms with Crippen LogP contribution in [0.15, 0.2) is 46.0 Å². The highest BCUT2D eigenvalue weighted by molar-refractivity contribution is 8.93. The molecule has 0 saturated heterocycles. The lowest BCUT2D eigenvalue weighted by Gasteiger charge is -2.07. The van der Waals surface area contributed by atoms with Gasteiger partial charge in [-0.1, -0.05) is 12.1 Å². The van der Waals surface area contributed by atoms with E-state index in [0.29, 0.717) is 17.0 Å². The highest BCUT2D eigenvalue weighted by atomic mass is 79.9. The molecule has 2 aromatic heterocycles. The van der Waals surface area contributed by atoms with Crippen molar-refractivity contribution in [2.45, 2.75) is 6.54 Å². The molecule has 0 fully saturated rings. The molecule has 0 amide bonds. The largest absolute Gasteiger partial charge is 0.352 e. The Morgan fingerprint density at radius 3 is 2.52 bits per heavy atom. The molecule has 4 aromatic rings. The van der Waals surface area contributed by atoms with Crippen LogP contribution in [0.25, 0.3) is 22.1 Å². The molecule has 4 rings (SSSR count). The number of anilines is 1. The fraction of sp³-hybridized carbons (Fsp3) is 0.0625. The van der Waals surface area contributed by atoms with Gasteiger partial charge in [0, 0.05) is 24.2 Å². The molecular weight excluding hydrogens is 420 g/mol. The molecule has 27 heavy (non-hydrogen) atoms. The third kappa shape index (κ3) is 3.44. The van der Waals surface area contributed by atoms with Gasteiger partial charge >= 0.3 is 11.1 Å². The van der Waals surface area contributed by atoms with Crippen LogP contribution in [0.3, 0.4) is 0 Å². The molecule has 0 radical (unpaired) electrons. The van der Waals surface area contributed by atoms with Crippen molar-refractivity contribution in [1.29, 1.82) is 0 Å². The zero-order valence-electron chi connectivity index (χ0n) is 13.6. The van der Waals surface area contributed by atoms with Crippen LogP contribution < -0.4 is 16.4 Å². The number of para-hydroxylation sites is 2. The van der Waals surface area contributed by atoms with Crippen molar-refractivity contribution < 1.29 is 4.92 Å². The number of nitrogens with one attached hydrogen (secondary N) is 4. The number of hydrogen-bond donors (Lipinski definition) is 4.